The van der Waals surface area contributed by atoms with Crippen LogP contribution in [0.25, 0.3) is 0 Å². The lowest BCUT2D eigenvalue weighted by Crippen LogP contribution is -2.15. The van der Waals surface area contributed by atoms with Gasteiger partial charge in [-0.15, -0.1) is 0 Å². The largest absolute Gasteiger partial charge is 0.295 e. The van der Waals surface area contributed by atoms with Crippen LogP contribution in [0.5, 0.6) is 0 Å². The summed E-state index contributed by atoms with van der Waals surface area (Å²) in [5, 5.41) is 0. The number of halogens is 1. The molecule has 7 heteroatoms. The molecule has 2 rings (SSSR count). The van der Waals surface area contributed by atoms with Crippen LogP contribution in [0.3, 0.4) is 0 Å². The van der Waals surface area contributed by atoms with Gasteiger partial charge in [0.05, 0.1) is 4.90 Å². The molecule has 0 spiro atoms. The monoisotopic (exact) mass is 368 g/mol. The molecule has 0 bridgehead atoms. The molecule has 0 amide bonds. The van der Waals surface area contributed by atoms with E-state index in [9.17, 15) is 13.2 Å². The maximum Gasteiger partial charge on any atom is 0.263 e. The average molecular weight is 369 g/mol. The molecule has 1 aromatic carbocycles. The smallest absolute Gasteiger partial charge is 0.263 e. The van der Waals surface area contributed by atoms with Crippen molar-refractivity contribution in [3.63, 3.8) is 0 Å². The van der Waals surface area contributed by atoms with Gasteiger partial charge in [-0.3, -0.25) is 9.52 Å². The number of benzene rings is 1. The van der Waals surface area contributed by atoms with Gasteiger partial charge in [0.25, 0.3) is 10.0 Å². The summed E-state index contributed by atoms with van der Waals surface area (Å²) in [4.78, 5) is 15.3. The zero-order valence-corrected chi connectivity index (χ0v) is 13.8. The van der Waals surface area contributed by atoms with Crippen molar-refractivity contribution < 1.29 is 13.2 Å². The average Bonchev–Trinajstić information content (AvgIpc) is 2.42. The Hall–Kier alpha value is -1.73. The van der Waals surface area contributed by atoms with Crippen LogP contribution in [-0.2, 0) is 10.0 Å². The Balaban J connectivity index is 2.31. The second-order valence-corrected chi connectivity index (χ2v) is 7.10. The van der Waals surface area contributed by atoms with Crippen LogP contribution < -0.4 is 4.72 Å². The lowest BCUT2D eigenvalue weighted by molar-refractivity contribution is 0.101. The van der Waals surface area contributed by atoms with E-state index in [0.717, 1.165) is 4.47 Å². The zero-order valence-electron chi connectivity index (χ0n) is 11.4. The summed E-state index contributed by atoms with van der Waals surface area (Å²) in [6, 6.07) is 7.53. The molecule has 0 fully saturated rings. The normalized spacial score (nSPS) is 11.2. The number of nitrogens with zero attached hydrogens (tertiary/aromatic N) is 1. The number of sulfonamides is 1. The van der Waals surface area contributed by atoms with Crippen molar-refractivity contribution in [1.29, 1.82) is 0 Å². The number of hydrogen-bond acceptors (Lipinski definition) is 4. The van der Waals surface area contributed by atoms with Crippen LogP contribution in [0.1, 0.15) is 22.8 Å². The Bertz CT molecular complexity index is 786. The summed E-state index contributed by atoms with van der Waals surface area (Å²) < 4.78 is 27.8. The van der Waals surface area contributed by atoms with E-state index in [1.54, 1.807) is 13.0 Å². The molecule has 21 heavy (non-hydrogen) atoms. The molecule has 0 unspecified atom stereocenters. The first-order chi connectivity index (χ1) is 9.79. The SMILES string of the molecule is CC(=O)c1ccc(S(=O)(=O)Nc2ncc(Br)cc2C)cc1. The molecule has 0 atom stereocenters. The van der Waals surface area contributed by atoms with Gasteiger partial charge in [0.1, 0.15) is 5.82 Å². The number of aromatic nitrogens is 1. The predicted octanol–water partition coefficient (Wildman–Crippen LogP) is 3.16. The first kappa shape index (κ1) is 15.7. The van der Waals surface area contributed by atoms with Crippen molar-refractivity contribution in [2.24, 2.45) is 0 Å². The molecule has 0 aliphatic carbocycles. The van der Waals surface area contributed by atoms with Crippen LogP contribution >= 0.6 is 15.9 Å². The van der Waals surface area contributed by atoms with Crippen molar-refractivity contribution in [3.05, 3.63) is 52.1 Å². The van der Waals surface area contributed by atoms with Crippen LogP contribution in [0.15, 0.2) is 45.9 Å². The summed E-state index contributed by atoms with van der Waals surface area (Å²) in [5.74, 6) is 0.158. The quantitative estimate of drug-likeness (QED) is 0.840. The number of rotatable bonds is 4. The van der Waals surface area contributed by atoms with Crippen molar-refractivity contribution >= 4 is 37.6 Å². The number of Topliss-reactive ketones (excluding diaryl/α,β-unsaturated/α-hetero) is 1. The number of anilines is 1. The van der Waals surface area contributed by atoms with Gasteiger partial charge < -0.3 is 0 Å². The highest BCUT2D eigenvalue weighted by Gasteiger charge is 2.16. The molecule has 0 aliphatic heterocycles. The Morgan fingerprint density at radius 3 is 2.38 bits per heavy atom. The van der Waals surface area contributed by atoms with Gasteiger partial charge in [0, 0.05) is 16.2 Å². The van der Waals surface area contributed by atoms with E-state index < -0.39 is 10.0 Å². The van der Waals surface area contributed by atoms with E-state index in [1.807, 2.05) is 0 Å². The minimum absolute atomic E-state index is 0.0802. The predicted molar refractivity (Wildman–Crippen MR) is 83.9 cm³/mol. The molecule has 1 aromatic heterocycles. The standard InChI is InChI=1S/C14H13BrN2O3S/c1-9-7-12(15)8-16-14(9)17-21(19,20)13-5-3-11(4-6-13)10(2)18/h3-8H,1-2H3,(H,16,17). The molecule has 1 N–H and O–H groups in total. The Morgan fingerprint density at radius 1 is 1.24 bits per heavy atom. The van der Waals surface area contributed by atoms with E-state index >= 15 is 0 Å². The lowest BCUT2D eigenvalue weighted by atomic mass is 10.2. The summed E-state index contributed by atoms with van der Waals surface area (Å²) in [5.41, 5.74) is 1.17. The van der Waals surface area contributed by atoms with Crippen molar-refractivity contribution in [2.75, 3.05) is 4.72 Å². The number of pyridine rings is 1. The summed E-state index contributed by atoms with van der Waals surface area (Å²) in [7, 11) is -3.73. The van der Waals surface area contributed by atoms with Gasteiger partial charge in [-0.2, -0.15) is 0 Å². The number of ketones is 1. The van der Waals surface area contributed by atoms with Gasteiger partial charge in [0.2, 0.25) is 0 Å². The summed E-state index contributed by atoms with van der Waals surface area (Å²) in [6.07, 6.45) is 1.52. The molecule has 0 saturated carbocycles. The third-order valence-corrected chi connectivity index (χ3v) is 4.64. The van der Waals surface area contributed by atoms with Gasteiger partial charge in [-0.05, 0) is 53.5 Å². The molecule has 0 aliphatic rings. The molecule has 5 nitrogen and oxygen atoms in total. The molecule has 2 aromatic rings. The van der Waals surface area contributed by atoms with Crippen LogP contribution in [0, 0.1) is 6.92 Å². The lowest BCUT2D eigenvalue weighted by Gasteiger charge is -2.10. The van der Waals surface area contributed by atoms with Gasteiger partial charge in [0.15, 0.2) is 5.78 Å². The van der Waals surface area contributed by atoms with E-state index in [-0.39, 0.29) is 16.5 Å². The van der Waals surface area contributed by atoms with Gasteiger partial charge in [-0.1, -0.05) is 12.1 Å². The third-order valence-electron chi connectivity index (χ3n) is 2.85. The number of carbonyl (C=O) groups excluding carboxylic acids is 1. The second kappa shape index (κ2) is 5.95. The van der Waals surface area contributed by atoms with Crippen LogP contribution in [0.4, 0.5) is 5.82 Å². The van der Waals surface area contributed by atoms with Crippen molar-refractivity contribution in [3.8, 4) is 0 Å². The first-order valence-electron chi connectivity index (χ1n) is 6.05. The summed E-state index contributed by atoms with van der Waals surface area (Å²) >= 11 is 3.27. The molecular weight excluding hydrogens is 356 g/mol. The highest BCUT2D eigenvalue weighted by atomic mass is 79.9. The highest BCUT2D eigenvalue weighted by Crippen LogP contribution is 2.20. The van der Waals surface area contributed by atoms with Crippen LogP contribution in [-0.4, -0.2) is 19.2 Å². The van der Waals surface area contributed by atoms with E-state index in [0.29, 0.717) is 11.1 Å². The number of hydrogen-bond donors (Lipinski definition) is 1. The van der Waals surface area contributed by atoms with Crippen molar-refractivity contribution in [2.45, 2.75) is 18.7 Å². The fourth-order valence-corrected chi connectivity index (χ4v) is 3.23. The number of carbonyl (C=O) groups is 1. The van der Waals surface area contributed by atoms with E-state index in [1.165, 1.54) is 37.4 Å². The zero-order chi connectivity index (χ0) is 15.6. The third kappa shape index (κ3) is 3.68. The second-order valence-electron chi connectivity index (χ2n) is 4.51. The molecule has 110 valence electrons. The Labute approximate surface area is 131 Å². The topological polar surface area (TPSA) is 76.1 Å². The minimum atomic E-state index is -3.73. The van der Waals surface area contributed by atoms with E-state index in [4.69, 9.17) is 0 Å². The van der Waals surface area contributed by atoms with Crippen molar-refractivity contribution in [1.82, 2.24) is 4.98 Å². The molecule has 0 radical (unpaired) electrons. The van der Waals surface area contributed by atoms with Gasteiger partial charge in [-0.25, -0.2) is 13.4 Å². The maximum atomic E-state index is 12.3. The fraction of sp³-hybridized carbons (Fsp3) is 0.143. The molecule has 0 saturated heterocycles. The maximum absolute atomic E-state index is 12.3. The Morgan fingerprint density at radius 2 is 1.86 bits per heavy atom. The molecule has 1 heterocycles. The summed E-state index contributed by atoms with van der Waals surface area (Å²) in [6.45, 7) is 3.19. The first-order valence-corrected chi connectivity index (χ1v) is 8.33. The fourth-order valence-electron chi connectivity index (χ4n) is 1.70. The number of nitrogens with one attached hydrogen (secondary N) is 1. The Kier molecular flexibility index (Phi) is 4.43. The highest BCUT2D eigenvalue weighted by molar-refractivity contribution is 9.10. The van der Waals surface area contributed by atoms with Crippen LogP contribution in [0.2, 0.25) is 0 Å². The van der Waals surface area contributed by atoms with Gasteiger partial charge >= 0.3 is 0 Å². The number of aryl methyl sites for hydroxylation is 1. The van der Waals surface area contributed by atoms with E-state index in [2.05, 4.69) is 25.6 Å². The minimum Gasteiger partial charge on any atom is -0.295 e. The molecular formula is C14H13BrN2O3S.